The third-order valence-corrected chi connectivity index (χ3v) is 3.10. The molecule has 0 bridgehead atoms. The summed E-state index contributed by atoms with van der Waals surface area (Å²) in [6.07, 6.45) is 3.12. The zero-order valence-corrected chi connectivity index (χ0v) is 9.36. The molecule has 2 rings (SSSR count). The summed E-state index contributed by atoms with van der Waals surface area (Å²) in [6.45, 7) is 0.548. The number of amides is 1. The fourth-order valence-corrected chi connectivity index (χ4v) is 2.19. The molecule has 0 aromatic carbocycles. The van der Waals surface area contributed by atoms with Gasteiger partial charge in [0.05, 0.1) is 12.1 Å². The second-order valence-corrected chi connectivity index (χ2v) is 4.18. The summed E-state index contributed by atoms with van der Waals surface area (Å²) in [5.74, 6) is -0.520. The second kappa shape index (κ2) is 4.68. The lowest BCUT2D eigenvalue weighted by Gasteiger charge is -2.41. The Morgan fingerprint density at radius 2 is 2.12 bits per heavy atom. The molecule has 1 fully saturated rings. The summed E-state index contributed by atoms with van der Waals surface area (Å²) in [5, 5.41) is 9.69. The van der Waals surface area contributed by atoms with E-state index in [1.54, 1.807) is 24.5 Å². The fourth-order valence-electron chi connectivity index (χ4n) is 2.19. The molecule has 17 heavy (non-hydrogen) atoms. The molecular formula is C11H16N4O2. The summed E-state index contributed by atoms with van der Waals surface area (Å²) >= 11 is 0. The van der Waals surface area contributed by atoms with E-state index in [-0.39, 0.29) is 0 Å². The zero-order valence-electron chi connectivity index (χ0n) is 9.36. The number of carbonyl (C=O) groups excluding carboxylic acids is 1. The number of aliphatic hydroxyl groups excluding tert-OH is 1. The van der Waals surface area contributed by atoms with Crippen LogP contribution in [-0.4, -0.2) is 40.7 Å². The SMILES string of the molecule is NC(=O)C1C(N)C(O)CCN1c1ccncc1. The van der Waals surface area contributed by atoms with E-state index in [1.165, 1.54) is 0 Å². The van der Waals surface area contributed by atoms with Gasteiger partial charge in [0.25, 0.3) is 0 Å². The van der Waals surface area contributed by atoms with Crippen LogP contribution in [-0.2, 0) is 4.79 Å². The second-order valence-electron chi connectivity index (χ2n) is 4.18. The van der Waals surface area contributed by atoms with E-state index in [0.717, 1.165) is 5.69 Å². The Morgan fingerprint density at radius 1 is 1.47 bits per heavy atom. The van der Waals surface area contributed by atoms with E-state index in [9.17, 15) is 9.90 Å². The lowest BCUT2D eigenvalue weighted by Crippen LogP contribution is -2.63. The first kappa shape index (κ1) is 11.8. The van der Waals surface area contributed by atoms with E-state index in [1.807, 2.05) is 4.90 Å². The van der Waals surface area contributed by atoms with Gasteiger partial charge in [-0.05, 0) is 18.6 Å². The molecule has 6 nitrogen and oxygen atoms in total. The monoisotopic (exact) mass is 236 g/mol. The van der Waals surface area contributed by atoms with Crippen molar-refractivity contribution < 1.29 is 9.90 Å². The molecule has 1 aromatic heterocycles. The predicted molar refractivity (Wildman–Crippen MR) is 63.2 cm³/mol. The minimum atomic E-state index is -0.689. The minimum Gasteiger partial charge on any atom is -0.391 e. The van der Waals surface area contributed by atoms with Crippen LogP contribution in [0.5, 0.6) is 0 Å². The number of primary amides is 1. The van der Waals surface area contributed by atoms with Crippen LogP contribution in [0.4, 0.5) is 5.69 Å². The van der Waals surface area contributed by atoms with Gasteiger partial charge in [0, 0.05) is 24.6 Å². The van der Waals surface area contributed by atoms with Gasteiger partial charge in [-0.2, -0.15) is 0 Å². The molecule has 0 aliphatic carbocycles. The molecule has 1 aliphatic rings. The maximum absolute atomic E-state index is 11.5. The van der Waals surface area contributed by atoms with E-state index in [4.69, 9.17) is 11.5 Å². The van der Waals surface area contributed by atoms with E-state index >= 15 is 0 Å². The van der Waals surface area contributed by atoms with Gasteiger partial charge in [0.15, 0.2) is 0 Å². The van der Waals surface area contributed by atoms with Gasteiger partial charge < -0.3 is 21.5 Å². The van der Waals surface area contributed by atoms with Crippen LogP contribution in [0.25, 0.3) is 0 Å². The number of aliphatic hydroxyl groups is 1. The summed E-state index contributed by atoms with van der Waals surface area (Å²) in [4.78, 5) is 17.2. The van der Waals surface area contributed by atoms with Crippen molar-refractivity contribution >= 4 is 11.6 Å². The summed E-state index contributed by atoms with van der Waals surface area (Å²) in [6, 6.07) is 2.25. The maximum Gasteiger partial charge on any atom is 0.241 e. The minimum absolute atomic E-state index is 0.520. The number of piperidine rings is 1. The lowest BCUT2D eigenvalue weighted by atomic mass is 9.93. The van der Waals surface area contributed by atoms with Crippen molar-refractivity contribution in [2.75, 3.05) is 11.4 Å². The fraction of sp³-hybridized carbons (Fsp3) is 0.455. The molecule has 2 heterocycles. The van der Waals surface area contributed by atoms with Crippen molar-refractivity contribution in [1.29, 1.82) is 0 Å². The highest BCUT2D eigenvalue weighted by Gasteiger charge is 2.38. The molecule has 3 unspecified atom stereocenters. The highest BCUT2D eigenvalue weighted by atomic mass is 16.3. The quantitative estimate of drug-likeness (QED) is 0.600. The number of carbonyl (C=O) groups is 1. The normalized spacial score (nSPS) is 29.1. The van der Waals surface area contributed by atoms with Crippen LogP contribution >= 0.6 is 0 Å². The van der Waals surface area contributed by atoms with E-state index in [2.05, 4.69) is 4.98 Å². The first-order valence-corrected chi connectivity index (χ1v) is 5.51. The van der Waals surface area contributed by atoms with Gasteiger partial charge in [0.1, 0.15) is 6.04 Å². The Hall–Kier alpha value is -1.66. The Labute approximate surface area is 99.2 Å². The Kier molecular flexibility index (Phi) is 3.26. The highest BCUT2D eigenvalue weighted by Crippen LogP contribution is 2.23. The van der Waals surface area contributed by atoms with Crippen molar-refractivity contribution in [2.24, 2.45) is 11.5 Å². The Balaban J connectivity index is 2.29. The summed E-state index contributed by atoms with van der Waals surface area (Å²) in [7, 11) is 0. The molecule has 3 atom stereocenters. The Morgan fingerprint density at radius 3 is 2.71 bits per heavy atom. The van der Waals surface area contributed by atoms with Crippen molar-refractivity contribution in [3.63, 3.8) is 0 Å². The number of nitrogens with two attached hydrogens (primary N) is 2. The molecular weight excluding hydrogens is 220 g/mol. The average molecular weight is 236 g/mol. The van der Waals surface area contributed by atoms with Gasteiger partial charge >= 0.3 is 0 Å². The average Bonchev–Trinajstić information content (AvgIpc) is 2.33. The number of anilines is 1. The first-order chi connectivity index (χ1) is 8.11. The number of hydrogen-bond acceptors (Lipinski definition) is 5. The van der Waals surface area contributed by atoms with Crippen LogP contribution in [0.3, 0.4) is 0 Å². The zero-order chi connectivity index (χ0) is 12.4. The van der Waals surface area contributed by atoms with Gasteiger partial charge in [-0.3, -0.25) is 9.78 Å². The Bertz CT molecular complexity index is 398. The van der Waals surface area contributed by atoms with Crippen molar-refractivity contribution in [3.05, 3.63) is 24.5 Å². The number of rotatable bonds is 2. The van der Waals surface area contributed by atoms with Crippen molar-refractivity contribution in [2.45, 2.75) is 24.6 Å². The molecule has 5 N–H and O–H groups in total. The number of hydrogen-bond donors (Lipinski definition) is 3. The summed E-state index contributed by atoms with van der Waals surface area (Å²) < 4.78 is 0. The van der Waals surface area contributed by atoms with Crippen LogP contribution < -0.4 is 16.4 Å². The molecule has 1 saturated heterocycles. The molecule has 0 saturated carbocycles. The van der Waals surface area contributed by atoms with Gasteiger partial charge in [-0.1, -0.05) is 0 Å². The molecule has 6 heteroatoms. The molecule has 0 radical (unpaired) electrons. The molecule has 1 aliphatic heterocycles. The maximum atomic E-state index is 11.5. The van der Waals surface area contributed by atoms with Gasteiger partial charge in [-0.15, -0.1) is 0 Å². The standard InChI is InChI=1S/C11H16N4O2/c12-9-8(16)3-6-15(10(9)11(13)17)7-1-4-14-5-2-7/h1-2,4-5,8-10,16H,3,6,12H2,(H2,13,17). The molecule has 1 aromatic rings. The third kappa shape index (κ3) is 2.22. The topological polar surface area (TPSA) is 105 Å². The van der Waals surface area contributed by atoms with Gasteiger partial charge in [-0.25, -0.2) is 0 Å². The molecule has 92 valence electrons. The predicted octanol–water partition coefficient (Wildman–Crippen LogP) is -1.17. The summed E-state index contributed by atoms with van der Waals surface area (Å²) in [5.41, 5.74) is 12.0. The highest BCUT2D eigenvalue weighted by molar-refractivity contribution is 5.85. The van der Waals surface area contributed by atoms with Crippen LogP contribution in [0, 0.1) is 0 Å². The van der Waals surface area contributed by atoms with Crippen molar-refractivity contribution in [1.82, 2.24) is 4.98 Å². The number of aromatic nitrogens is 1. The molecule has 1 amide bonds. The van der Waals surface area contributed by atoms with Crippen molar-refractivity contribution in [3.8, 4) is 0 Å². The first-order valence-electron chi connectivity index (χ1n) is 5.51. The van der Waals surface area contributed by atoms with Crippen LogP contribution in [0.15, 0.2) is 24.5 Å². The molecule has 0 spiro atoms. The number of pyridine rings is 1. The van der Waals surface area contributed by atoms with Crippen LogP contribution in [0.1, 0.15) is 6.42 Å². The largest absolute Gasteiger partial charge is 0.391 e. The smallest absolute Gasteiger partial charge is 0.241 e. The lowest BCUT2D eigenvalue weighted by molar-refractivity contribution is -0.121. The number of nitrogens with zero attached hydrogens (tertiary/aromatic N) is 2. The van der Waals surface area contributed by atoms with E-state index in [0.29, 0.717) is 13.0 Å². The van der Waals surface area contributed by atoms with E-state index < -0.39 is 24.1 Å². The third-order valence-electron chi connectivity index (χ3n) is 3.10. The van der Waals surface area contributed by atoms with Crippen LogP contribution in [0.2, 0.25) is 0 Å². The van der Waals surface area contributed by atoms with Gasteiger partial charge in [0.2, 0.25) is 5.91 Å².